The summed E-state index contributed by atoms with van der Waals surface area (Å²) in [6.07, 6.45) is 1.84. The maximum Gasteiger partial charge on any atom is 0.200 e. The van der Waals surface area contributed by atoms with Gasteiger partial charge in [-0.1, -0.05) is 6.07 Å². The first kappa shape index (κ1) is 9.99. The molecular weight excluding hydrogens is 182 g/mol. The molecule has 13 heavy (non-hydrogen) atoms. The highest BCUT2D eigenvalue weighted by Gasteiger charge is 2.08. The minimum Gasteiger partial charge on any atom is -0.383 e. The molecule has 70 valence electrons. The van der Waals surface area contributed by atoms with Crippen molar-refractivity contribution in [3.63, 3.8) is 0 Å². The second-order valence-electron chi connectivity index (χ2n) is 3.08. The number of carbonyl (C=O) groups excluding carboxylic acids is 1. The summed E-state index contributed by atoms with van der Waals surface area (Å²) in [5.74, 6) is 0.115. The number of Topliss-reactive ketones (excluding diaryl/α,β-unsaturated/α-hetero) is 1. The Morgan fingerprint density at radius 2 is 2.23 bits per heavy atom. The summed E-state index contributed by atoms with van der Waals surface area (Å²) in [4.78, 5) is 14.3. The van der Waals surface area contributed by atoms with Gasteiger partial charge in [-0.15, -0.1) is 11.3 Å². The SMILES string of the molecule is C/C(=C\N(C)C)C(=O)c1cccs1. The molecule has 2 nitrogen and oxygen atoms in total. The maximum atomic E-state index is 11.7. The van der Waals surface area contributed by atoms with E-state index in [4.69, 9.17) is 0 Å². The van der Waals surface area contributed by atoms with E-state index in [1.54, 1.807) is 0 Å². The number of carbonyl (C=O) groups is 1. The van der Waals surface area contributed by atoms with Gasteiger partial charge >= 0.3 is 0 Å². The third kappa shape index (κ3) is 2.70. The van der Waals surface area contributed by atoms with Crippen molar-refractivity contribution in [2.75, 3.05) is 14.1 Å². The van der Waals surface area contributed by atoms with Crippen LogP contribution < -0.4 is 0 Å². The summed E-state index contributed by atoms with van der Waals surface area (Å²) in [5.41, 5.74) is 0.771. The van der Waals surface area contributed by atoms with Gasteiger partial charge in [-0.3, -0.25) is 4.79 Å². The predicted molar refractivity (Wildman–Crippen MR) is 56.1 cm³/mol. The van der Waals surface area contributed by atoms with Gasteiger partial charge < -0.3 is 4.90 Å². The van der Waals surface area contributed by atoms with Crippen LogP contribution in [0.5, 0.6) is 0 Å². The van der Waals surface area contributed by atoms with E-state index in [2.05, 4.69) is 0 Å². The van der Waals surface area contributed by atoms with Crippen molar-refractivity contribution < 1.29 is 4.79 Å². The molecule has 0 saturated carbocycles. The largest absolute Gasteiger partial charge is 0.383 e. The highest BCUT2D eigenvalue weighted by atomic mass is 32.1. The van der Waals surface area contributed by atoms with Crippen molar-refractivity contribution >= 4 is 17.1 Å². The van der Waals surface area contributed by atoms with Crippen molar-refractivity contribution in [2.24, 2.45) is 0 Å². The van der Waals surface area contributed by atoms with Gasteiger partial charge in [0.15, 0.2) is 5.78 Å². The van der Waals surface area contributed by atoms with E-state index < -0.39 is 0 Å². The van der Waals surface area contributed by atoms with Gasteiger partial charge in [-0.2, -0.15) is 0 Å². The molecule has 0 amide bonds. The van der Waals surface area contributed by atoms with E-state index in [1.807, 2.05) is 49.6 Å². The van der Waals surface area contributed by atoms with E-state index >= 15 is 0 Å². The van der Waals surface area contributed by atoms with Gasteiger partial charge in [-0.05, 0) is 18.4 Å². The van der Waals surface area contributed by atoms with E-state index in [1.165, 1.54) is 11.3 Å². The van der Waals surface area contributed by atoms with Crippen molar-refractivity contribution in [2.45, 2.75) is 6.92 Å². The molecule has 1 rings (SSSR count). The molecule has 0 atom stereocenters. The zero-order valence-corrected chi connectivity index (χ0v) is 8.89. The summed E-state index contributed by atoms with van der Waals surface area (Å²) in [6.45, 7) is 1.84. The number of ketones is 1. The van der Waals surface area contributed by atoms with Crippen LogP contribution in [0.15, 0.2) is 29.3 Å². The van der Waals surface area contributed by atoms with Crippen LogP contribution in [0.3, 0.4) is 0 Å². The summed E-state index contributed by atoms with van der Waals surface area (Å²) in [6, 6.07) is 3.74. The van der Waals surface area contributed by atoms with Crippen molar-refractivity contribution in [1.82, 2.24) is 4.90 Å². The van der Waals surface area contributed by atoms with Gasteiger partial charge in [0.05, 0.1) is 4.88 Å². The number of thiophene rings is 1. The van der Waals surface area contributed by atoms with Crippen molar-refractivity contribution in [1.29, 1.82) is 0 Å². The zero-order chi connectivity index (χ0) is 9.84. The van der Waals surface area contributed by atoms with E-state index in [9.17, 15) is 4.79 Å². The van der Waals surface area contributed by atoms with Crippen LogP contribution in [0, 0.1) is 0 Å². The molecule has 0 radical (unpaired) electrons. The number of rotatable bonds is 3. The van der Waals surface area contributed by atoms with Gasteiger partial charge in [0.2, 0.25) is 0 Å². The van der Waals surface area contributed by atoms with Crippen molar-refractivity contribution in [3.8, 4) is 0 Å². The molecule has 0 saturated heterocycles. The molecule has 0 spiro atoms. The Labute approximate surface area is 82.5 Å². The second kappa shape index (κ2) is 4.23. The lowest BCUT2D eigenvalue weighted by atomic mass is 10.2. The Morgan fingerprint density at radius 1 is 1.54 bits per heavy atom. The summed E-state index contributed by atoms with van der Waals surface area (Å²) in [7, 11) is 3.82. The first-order valence-electron chi connectivity index (χ1n) is 4.04. The number of nitrogens with zero attached hydrogens (tertiary/aromatic N) is 1. The number of allylic oxidation sites excluding steroid dienone is 1. The molecule has 1 aromatic heterocycles. The minimum absolute atomic E-state index is 0.115. The number of hydrogen-bond donors (Lipinski definition) is 0. The monoisotopic (exact) mass is 195 g/mol. The third-order valence-corrected chi connectivity index (χ3v) is 2.42. The molecule has 0 bridgehead atoms. The highest BCUT2D eigenvalue weighted by Crippen LogP contribution is 2.13. The van der Waals surface area contributed by atoms with Crippen LogP contribution in [-0.2, 0) is 0 Å². The molecule has 0 N–H and O–H groups in total. The molecule has 0 unspecified atom stereocenters. The molecule has 1 aromatic rings. The lowest BCUT2D eigenvalue weighted by Crippen LogP contribution is -2.06. The van der Waals surface area contributed by atoms with Gasteiger partial charge in [-0.25, -0.2) is 0 Å². The fraction of sp³-hybridized carbons (Fsp3) is 0.300. The Morgan fingerprint density at radius 3 is 2.69 bits per heavy atom. The first-order chi connectivity index (χ1) is 6.11. The lowest BCUT2D eigenvalue weighted by Gasteiger charge is -2.06. The Kier molecular flexibility index (Phi) is 3.25. The van der Waals surface area contributed by atoms with Crippen LogP contribution in [-0.4, -0.2) is 24.8 Å². The lowest BCUT2D eigenvalue weighted by molar-refractivity contribution is 0.103. The maximum absolute atomic E-state index is 11.7. The minimum atomic E-state index is 0.115. The quantitative estimate of drug-likeness (QED) is 0.545. The van der Waals surface area contributed by atoms with Crippen LogP contribution in [0.25, 0.3) is 0 Å². The fourth-order valence-corrected chi connectivity index (χ4v) is 1.78. The van der Waals surface area contributed by atoms with Crippen LogP contribution in [0.2, 0.25) is 0 Å². The summed E-state index contributed by atoms with van der Waals surface area (Å²) < 4.78 is 0. The van der Waals surface area contributed by atoms with Crippen LogP contribution >= 0.6 is 11.3 Å². The topological polar surface area (TPSA) is 20.3 Å². The second-order valence-corrected chi connectivity index (χ2v) is 4.03. The Hall–Kier alpha value is -1.09. The summed E-state index contributed by atoms with van der Waals surface area (Å²) >= 11 is 1.48. The molecule has 0 aliphatic carbocycles. The zero-order valence-electron chi connectivity index (χ0n) is 8.07. The number of hydrogen-bond acceptors (Lipinski definition) is 3. The highest BCUT2D eigenvalue weighted by molar-refractivity contribution is 7.12. The van der Waals surface area contributed by atoms with Crippen LogP contribution in [0.1, 0.15) is 16.6 Å². The molecule has 3 heteroatoms. The molecule has 0 aliphatic rings. The van der Waals surface area contributed by atoms with Crippen molar-refractivity contribution in [3.05, 3.63) is 34.2 Å². The van der Waals surface area contributed by atoms with E-state index in [0.29, 0.717) is 0 Å². The molecular formula is C10H13NOS. The Balaban J connectivity index is 2.80. The smallest absolute Gasteiger partial charge is 0.200 e. The van der Waals surface area contributed by atoms with Gasteiger partial charge in [0.25, 0.3) is 0 Å². The van der Waals surface area contributed by atoms with E-state index in [0.717, 1.165) is 10.5 Å². The first-order valence-corrected chi connectivity index (χ1v) is 4.92. The van der Waals surface area contributed by atoms with Gasteiger partial charge in [0, 0.05) is 25.9 Å². The normalized spacial score (nSPS) is 11.5. The van der Waals surface area contributed by atoms with Crippen LogP contribution in [0.4, 0.5) is 0 Å². The molecule has 0 fully saturated rings. The molecule has 0 aliphatic heterocycles. The Bertz CT molecular complexity index is 312. The molecule has 0 aromatic carbocycles. The van der Waals surface area contributed by atoms with Gasteiger partial charge in [0.1, 0.15) is 0 Å². The molecule has 1 heterocycles. The average Bonchev–Trinajstić information content (AvgIpc) is 2.53. The standard InChI is InChI=1S/C10H13NOS/c1-8(7-11(2)3)10(12)9-5-4-6-13-9/h4-7H,1-3H3/b8-7+. The van der Waals surface area contributed by atoms with E-state index in [-0.39, 0.29) is 5.78 Å². The third-order valence-electron chi connectivity index (χ3n) is 1.55. The average molecular weight is 195 g/mol. The fourth-order valence-electron chi connectivity index (χ4n) is 1.05. The predicted octanol–water partition coefficient (Wildman–Crippen LogP) is 2.40. The summed E-state index contributed by atoms with van der Waals surface area (Å²) in [5, 5.41) is 1.91.